The first-order valence-corrected chi connectivity index (χ1v) is 9.45. The second-order valence-electron chi connectivity index (χ2n) is 6.71. The number of pyridine rings is 1. The van der Waals surface area contributed by atoms with Gasteiger partial charge in [-0.3, -0.25) is 4.98 Å². The van der Waals surface area contributed by atoms with Crippen LogP contribution in [0, 0.1) is 0 Å². The van der Waals surface area contributed by atoms with Crippen LogP contribution in [0.25, 0.3) is 11.4 Å². The first-order chi connectivity index (χ1) is 15.4. The number of rotatable bonds is 5. The van der Waals surface area contributed by atoms with Gasteiger partial charge in [0.2, 0.25) is 11.7 Å². The second-order valence-corrected chi connectivity index (χ2v) is 6.71. The molecule has 2 aromatic carbocycles. The summed E-state index contributed by atoms with van der Waals surface area (Å²) in [6, 6.07) is 14.3. The van der Waals surface area contributed by atoms with Crippen molar-refractivity contribution in [3.8, 4) is 11.4 Å². The molecule has 2 heterocycles. The van der Waals surface area contributed by atoms with Crippen molar-refractivity contribution in [2.75, 3.05) is 10.6 Å². The van der Waals surface area contributed by atoms with E-state index in [-0.39, 0.29) is 12.1 Å². The lowest BCUT2D eigenvalue weighted by Gasteiger charge is -2.15. The molecule has 0 saturated carbocycles. The van der Waals surface area contributed by atoms with Gasteiger partial charge in [0, 0.05) is 23.6 Å². The van der Waals surface area contributed by atoms with Crippen molar-refractivity contribution in [1.82, 2.24) is 15.1 Å². The molecule has 0 aliphatic heterocycles. The minimum Gasteiger partial charge on any atom is -0.339 e. The molecule has 2 N–H and O–H groups in total. The third kappa shape index (κ3) is 4.91. The Labute approximate surface area is 180 Å². The molecule has 32 heavy (non-hydrogen) atoms. The topological polar surface area (TPSA) is 92.9 Å². The molecule has 162 valence electrons. The van der Waals surface area contributed by atoms with Crippen LogP contribution in [-0.2, 0) is 12.6 Å². The number of carbonyl (C=O) groups is 1. The number of aromatic nitrogens is 3. The standard InChI is InChI=1S/C22H16F3N5O2/c23-22(24,25)16-8-2-4-10-18(16)28-21(31)27-17-9-3-1-6-14(17)12-19-29-20(30-32-19)15-7-5-11-26-13-15/h1-11,13H,12H2,(H2,27,28,31). The predicted octanol–water partition coefficient (Wildman–Crippen LogP) is 5.39. The van der Waals surface area contributed by atoms with E-state index in [0.29, 0.717) is 28.5 Å². The van der Waals surface area contributed by atoms with Crippen molar-refractivity contribution in [2.45, 2.75) is 12.6 Å². The lowest BCUT2D eigenvalue weighted by molar-refractivity contribution is -0.136. The Hall–Kier alpha value is -4.21. The van der Waals surface area contributed by atoms with E-state index in [9.17, 15) is 18.0 Å². The molecule has 0 aliphatic rings. The van der Waals surface area contributed by atoms with Crippen molar-refractivity contribution in [3.05, 3.63) is 90.1 Å². The number of hydrogen-bond donors (Lipinski definition) is 2. The fourth-order valence-electron chi connectivity index (χ4n) is 3.01. The smallest absolute Gasteiger partial charge is 0.339 e. The van der Waals surface area contributed by atoms with Crippen LogP contribution in [-0.4, -0.2) is 21.2 Å². The molecule has 0 saturated heterocycles. The normalized spacial score (nSPS) is 11.2. The van der Waals surface area contributed by atoms with Crippen LogP contribution in [0.3, 0.4) is 0 Å². The number of hydrogen-bond acceptors (Lipinski definition) is 5. The highest BCUT2D eigenvalue weighted by atomic mass is 19.4. The number of amides is 2. The third-order valence-electron chi connectivity index (χ3n) is 4.48. The van der Waals surface area contributed by atoms with Gasteiger partial charge in [-0.15, -0.1) is 0 Å². The Balaban J connectivity index is 1.49. The first kappa shape index (κ1) is 21.0. The lowest BCUT2D eigenvalue weighted by atomic mass is 10.1. The summed E-state index contributed by atoms with van der Waals surface area (Å²) in [6.07, 6.45) is -1.15. The molecule has 0 unspecified atom stereocenters. The van der Waals surface area contributed by atoms with Crippen LogP contribution in [0.5, 0.6) is 0 Å². The number of anilines is 2. The van der Waals surface area contributed by atoms with Gasteiger partial charge in [0.05, 0.1) is 17.7 Å². The van der Waals surface area contributed by atoms with Crippen molar-refractivity contribution in [2.24, 2.45) is 0 Å². The summed E-state index contributed by atoms with van der Waals surface area (Å²) in [4.78, 5) is 20.7. The van der Waals surface area contributed by atoms with Crippen molar-refractivity contribution in [1.29, 1.82) is 0 Å². The largest absolute Gasteiger partial charge is 0.418 e. The molecule has 0 bridgehead atoms. The Kier molecular flexibility index (Phi) is 5.84. The molecule has 4 aromatic rings. The molecular formula is C22H16F3N5O2. The zero-order valence-corrected chi connectivity index (χ0v) is 16.4. The summed E-state index contributed by atoms with van der Waals surface area (Å²) in [5.41, 5.74) is 0.464. The Morgan fingerprint density at radius 1 is 0.938 bits per heavy atom. The second kappa shape index (κ2) is 8.88. The van der Waals surface area contributed by atoms with E-state index in [2.05, 4.69) is 25.8 Å². The zero-order chi connectivity index (χ0) is 22.6. The van der Waals surface area contributed by atoms with Crippen LogP contribution >= 0.6 is 0 Å². The number of nitrogens with one attached hydrogen (secondary N) is 2. The number of alkyl halides is 3. The van der Waals surface area contributed by atoms with Crippen molar-refractivity contribution >= 4 is 17.4 Å². The molecule has 0 spiro atoms. The monoisotopic (exact) mass is 439 g/mol. The van der Waals surface area contributed by atoms with Gasteiger partial charge >= 0.3 is 12.2 Å². The van der Waals surface area contributed by atoms with Crippen LogP contribution in [0.2, 0.25) is 0 Å². The molecule has 0 fully saturated rings. The highest BCUT2D eigenvalue weighted by Crippen LogP contribution is 2.34. The van der Waals surface area contributed by atoms with Gasteiger partial charge in [-0.05, 0) is 35.9 Å². The fraction of sp³-hybridized carbons (Fsp3) is 0.0909. The van der Waals surface area contributed by atoms with Gasteiger partial charge in [0.15, 0.2) is 0 Å². The summed E-state index contributed by atoms with van der Waals surface area (Å²) >= 11 is 0. The fourth-order valence-corrected chi connectivity index (χ4v) is 3.01. The number of carbonyl (C=O) groups excluding carboxylic acids is 1. The van der Waals surface area contributed by atoms with Gasteiger partial charge in [-0.25, -0.2) is 4.79 Å². The predicted molar refractivity (Wildman–Crippen MR) is 111 cm³/mol. The molecule has 7 nitrogen and oxygen atoms in total. The van der Waals surface area contributed by atoms with Crippen LogP contribution in [0.1, 0.15) is 17.0 Å². The van der Waals surface area contributed by atoms with Crippen molar-refractivity contribution < 1.29 is 22.5 Å². The van der Waals surface area contributed by atoms with Crippen molar-refractivity contribution in [3.63, 3.8) is 0 Å². The minimum atomic E-state index is -4.59. The number of para-hydroxylation sites is 2. The highest BCUT2D eigenvalue weighted by molar-refractivity contribution is 6.00. The Bertz CT molecular complexity index is 1230. The quantitative estimate of drug-likeness (QED) is 0.435. The van der Waals surface area contributed by atoms with E-state index in [1.165, 1.54) is 18.2 Å². The number of halogens is 3. The molecule has 0 radical (unpaired) electrons. The molecule has 4 rings (SSSR count). The molecular weight excluding hydrogens is 423 g/mol. The summed E-state index contributed by atoms with van der Waals surface area (Å²) in [7, 11) is 0. The average molecular weight is 439 g/mol. The van der Waals surface area contributed by atoms with Gasteiger partial charge < -0.3 is 15.2 Å². The molecule has 2 amide bonds. The summed E-state index contributed by atoms with van der Waals surface area (Å²) in [5, 5.41) is 8.76. The molecule has 10 heteroatoms. The average Bonchev–Trinajstić information content (AvgIpc) is 3.24. The maximum atomic E-state index is 13.2. The number of nitrogens with zero attached hydrogens (tertiary/aromatic N) is 3. The number of benzene rings is 2. The van der Waals surface area contributed by atoms with Crippen LogP contribution in [0.15, 0.2) is 77.6 Å². The van der Waals surface area contributed by atoms with Gasteiger partial charge in [0.1, 0.15) is 0 Å². The maximum Gasteiger partial charge on any atom is 0.418 e. The molecule has 0 atom stereocenters. The highest BCUT2D eigenvalue weighted by Gasteiger charge is 2.33. The summed E-state index contributed by atoms with van der Waals surface area (Å²) < 4.78 is 44.8. The van der Waals surface area contributed by atoms with Gasteiger partial charge in [-0.2, -0.15) is 18.2 Å². The van der Waals surface area contributed by atoms with E-state index < -0.39 is 17.8 Å². The van der Waals surface area contributed by atoms with E-state index in [0.717, 1.165) is 6.07 Å². The van der Waals surface area contributed by atoms with E-state index in [1.54, 1.807) is 48.8 Å². The van der Waals surface area contributed by atoms with Gasteiger partial charge in [-0.1, -0.05) is 35.5 Å². The van der Waals surface area contributed by atoms with E-state index >= 15 is 0 Å². The SMILES string of the molecule is O=C(Nc1ccccc1Cc1nc(-c2cccnc2)no1)Nc1ccccc1C(F)(F)F. The minimum absolute atomic E-state index is 0.211. The zero-order valence-electron chi connectivity index (χ0n) is 16.4. The van der Waals surface area contributed by atoms with E-state index in [1.807, 2.05) is 0 Å². The first-order valence-electron chi connectivity index (χ1n) is 9.45. The van der Waals surface area contributed by atoms with Gasteiger partial charge in [0.25, 0.3) is 0 Å². The Morgan fingerprint density at radius 3 is 2.41 bits per heavy atom. The third-order valence-corrected chi connectivity index (χ3v) is 4.48. The molecule has 2 aromatic heterocycles. The maximum absolute atomic E-state index is 13.2. The lowest BCUT2D eigenvalue weighted by Crippen LogP contribution is -2.22. The number of urea groups is 1. The van der Waals surface area contributed by atoms with E-state index in [4.69, 9.17) is 4.52 Å². The molecule has 0 aliphatic carbocycles. The Morgan fingerprint density at radius 2 is 1.66 bits per heavy atom. The summed E-state index contributed by atoms with van der Waals surface area (Å²) in [6.45, 7) is 0. The summed E-state index contributed by atoms with van der Waals surface area (Å²) in [5.74, 6) is 0.681. The van der Waals surface area contributed by atoms with Crippen LogP contribution < -0.4 is 10.6 Å². The van der Waals surface area contributed by atoms with Crippen LogP contribution in [0.4, 0.5) is 29.3 Å².